The third-order valence-electron chi connectivity index (χ3n) is 6.59. The smallest absolute Gasteiger partial charge is 0.410 e. The van der Waals surface area contributed by atoms with Crippen LogP contribution in [0.25, 0.3) is 0 Å². The molecule has 5 nitrogen and oxygen atoms in total. The van der Waals surface area contributed by atoms with Crippen molar-refractivity contribution in [2.75, 3.05) is 13.1 Å². The van der Waals surface area contributed by atoms with E-state index in [0.29, 0.717) is 29.8 Å². The number of nitrogens with zero attached hydrogens (tertiary/aromatic N) is 1. The predicted molar refractivity (Wildman–Crippen MR) is 125 cm³/mol. The van der Waals surface area contributed by atoms with E-state index in [0.717, 1.165) is 17.5 Å². The number of ether oxygens (including phenoxy) is 1. The van der Waals surface area contributed by atoms with Crippen molar-refractivity contribution in [2.24, 2.45) is 5.92 Å². The minimum Gasteiger partial charge on any atom is -0.444 e. The topological polar surface area (TPSA) is 63.7 Å². The summed E-state index contributed by atoms with van der Waals surface area (Å²) in [6.07, 6.45) is 0.757. The number of amides is 1. The largest absolute Gasteiger partial charge is 0.444 e. The van der Waals surface area contributed by atoms with Crippen molar-refractivity contribution >= 4 is 15.9 Å². The first-order valence-electron chi connectivity index (χ1n) is 11.3. The molecule has 0 N–H and O–H groups in total. The normalized spacial score (nSPS) is 22.7. The molecule has 2 atom stereocenters. The van der Waals surface area contributed by atoms with E-state index in [4.69, 9.17) is 4.74 Å². The molecule has 0 aromatic heterocycles. The van der Waals surface area contributed by atoms with Gasteiger partial charge in [-0.3, -0.25) is 0 Å². The highest BCUT2D eigenvalue weighted by molar-refractivity contribution is 7.90. The molecule has 1 aliphatic carbocycles. The Kier molecular flexibility index (Phi) is 5.64. The van der Waals surface area contributed by atoms with Crippen LogP contribution < -0.4 is 0 Å². The van der Waals surface area contributed by atoms with Crippen LogP contribution in [0.3, 0.4) is 0 Å². The maximum absolute atomic E-state index is 12.9. The van der Waals surface area contributed by atoms with Crippen molar-refractivity contribution < 1.29 is 17.9 Å². The Morgan fingerprint density at radius 2 is 1.72 bits per heavy atom. The monoisotopic (exact) mass is 455 g/mol. The minimum absolute atomic E-state index is 0.00902. The Labute approximate surface area is 191 Å². The van der Waals surface area contributed by atoms with Crippen LogP contribution in [0.2, 0.25) is 0 Å². The van der Waals surface area contributed by atoms with E-state index in [1.54, 1.807) is 17.0 Å². The number of rotatable bonds is 5. The first-order valence-corrected chi connectivity index (χ1v) is 12.9. The lowest BCUT2D eigenvalue weighted by Gasteiger charge is -2.26. The van der Waals surface area contributed by atoms with Gasteiger partial charge in [-0.1, -0.05) is 50.2 Å². The Morgan fingerprint density at radius 3 is 2.28 bits per heavy atom. The molecule has 0 spiro atoms. The number of piperidine rings is 1. The molecule has 0 radical (unpaired) electrons. The minimum atomic E-state index is -3.42. The van der Waals surface area contributed by atoms with E-state index in [9.17, 15) is 13.2 Å². The van der Waals surface area contributed by atoms with Crippen LogP contribution in [0.4, 0.5) is 4.79 Å². The summed E-state index contributed by atoms with van der Waals surface area (Å²) in [4.78, 5) is 14.6. The summed E-state index contributed by atoms with van der Waals surface area (Å²) in [7, 11) is -3.42. The second-order valence-electron chi connectivity index (χ2n) is 10.6. The van der Waals surface area contributed by atoms with Crippen LogP contribution in [-0.4, -0.2) is 38.1 Å². The Balaban J connectivity index is 1.45. The maximum atomic E-state index is 12.9. The fourth-order valence-corrected chi connectivity index (χ4v) is 6.04. The van der Waals surface area contributed by atoms with E-state index in [-0.39, 0.29) is 17.3 Å². The summed E-state index contributed by atoms with van der Waals surface area (Å²) >= 11 is 0. The summed E-state index contributed by atoms with van der Waals surface area (Å²) in [6, 6.07) is 15.1. The van der Waals surface area contributed by atoms with Gasteiger partial charge in [-0.15, -0.1) is 0 Å². The third-order valence-corrected chi connectivity index (χ3v) is 8.29. The number of likely N-dealkylation sites (tertiary alicyclic amines) is 1. The van der Waals surface area contributed by atoms with Crippen molar-refractivity contribution in [3.63, 3.8) is 0 Å². The number of hydrogen-bond donors (Lipinski definition) is 0. The molecule has 0 unspecified atom stereocenters. The van der Waals surface area contributed by atoms with Gasteiger partial charge >= 0.3 is 6.09 Å². The quantitative estimate of drug-likeness (QED) is 0.614. The highest BCUT2D eigenvalue weighted by Crippen LogP contribution is 2.59. The van der Waals surface area contributed by atoms with Crippen molar-refractivity contribution in [1.82, 2.24) is 4.90 Å². The molecule has 2 aromatic rings. The van der Waals surface area contributed by atoms with E-state index in [1.807, 2.05) is 57.2 Å². The molecule has 1 amide bonds. The predicted octanol–water partition coefficient (Wildman–Crippen LogP) is 5.29. The first-order chi connectivity index (χ1) is 14.9. The molecule has 172 valence electrons. The van der Waals surface area contributed by atoms with Crippen molar-refractivity contribution in [2.45, 2.75) is 68.6 Å². The lowest BCUT2D eigenvalue weighted by molar-refractivity contribution is 0.0270. The van der Waals surface area contributed by atoms with Gasteiger partial charge in [-0.25, -0.2) is 13.2 Å². The number of fused-ring (bicyclic) bond motifs is 1. The number of carbonyl (C=O) groups excluding carboxylic acids is 1. The van der Waals surface area contributed by atoms with Gasteiger partial charge in [0.2, 0.25) is 0 Å². The summed E-state index contributed by atoms with van der Waals surface area (Å²) < 4.78 is 31.4. The highest BCUT2D eigenvalue weighted by atomic mass is 32.2. The molecule has 1 saturated heterocycles. The zero-order chi connectivity index (χ0) is 23.3. The molecule has 2 aromatic carbocycles. The van der Waals surface area contributed by atoms with Crippen LogP contribution in [0.5, 0.6) is 0 Å². The fourth-order valence-electron chi connectivity index (χ4n) is 4.69. The summed E-state index contributed by atoms with van der Waals surface area (Å²) in [6.45, 7) is 11.2. The summed E-state index contributed by atoms with van der Waals surface area (Å²) in [5.74, 6) is 0.822. The molecule has 1 aliphatic heterocycles. The molecule has 2 fully saturated rings. The number of sulfone groups is 1. The van der Waals surface area contributed by atoms with Gasteiger partial charge in [0.05, 0.1) is 10.6 Å². The van der Waals surface area contributed by atoms with Crippen LogP contribution in [0, 0.1) is 5.92 Å². The van der Waals surface area contributed by atoms with Crippen LogP contribution in [-0.2, 0) is 25.7 Å². The third kappa shape index (κ3) is 4.56. The van der Waals surface area contributed by atoms with Gasteiger partial charge in [0.15, 0.2) is 9.84 Å². The van der Waals surface area contributed by atoms with Gasteiger partial charge < -0.3 is 9.64 Å². The molecule has 4 rings (SSSR count). The van der Waals surface area contributed by atoms with Crippen molar-refractivity contribution in [3.05, 3.63) is 65.2 Å². The molecule has 32 heavy (non-hydrogen) atoms. The Hall–Kier alpha value is -2.34. The molecule has 1 heterocycles. The molecular weight excluding hydrogens is 422 g/mol. The van der Waals surface area contributed by atoms with Gasteiger partial charge in [0.25, 0.3) is 0 Å². The Bertz CT molecular complexity index is 1100. The lowest BCUT2D eigenvalue weighted by Crippen LogP contribution is -2.37. The number of hydrogen-bond acceptors (Lipinski definition) is 4. The standard InChI is InChI=1S/C26H33NO4S/c1-18(2)20-8-6-19(7-9-20)16-32(29,30)23-12-10-21(11-13-23)26-14-22(26)15-27(17-26)24(28)31-25(3,4)5/h6-13,18,22H,14-17H2,1-5H3/t22-,26+/m1/s1. The Morgan fingerprint density at radius 1 is 1.09 bits per heavy atom. The van der Waals surface area contributed by atoms with Crippen LogP contribution in [0.15, 0.2) is 53.4 Å². The lowest BCUT2D eigenvalue weighted by atomic mass is 9.95. The van der Waals surface area contributed by atoms with Crippen LogP contribution in [0.1, 0.15) is 63.6 Å². The molecule has 0 bridgehead atoms. The maximum Gasteiger partial charge on any atom is 0.410 e. The van der Waals surface area contributed by atoms with E-state index < -0.39 is 15.4 Å². The van der Waals surface area contributed by atoms with E-state index in [2.05, 4.69) is 13.8 Å². The van der Waals surface area contributed by atoms with Gasteiger partial charge in [-0.2, -0.15) is 0 Å². The molecule has 2 aliphatic rings. The van der Waals surface area contributed by atoms with Crippen molar-refractivity contribution in [1.29, 1.82) is 0 Å². The van der Waals surface area contributed by atoms with Gasteiger partial charge in [0.1, 0.15) is 5.60 Å². The summed E-state index contributed by atoms with van der Waals surface area (Å²) in [5, 5.41) is 0. The zero-order valence-electron chi connectivity index (χ0n) is 19.6. The second-order valence-corrected chi connectivity index (χ2v) is 12.6. The molecule has 6 heteroatoms. The fraction of sp³-hybridized carbons (Fsp3) is 0.500. The van der Waals surface area contributed by atoms with Gasteiger partial charge in [-0.05, 0) is 67.9 Å². The SMILES string of the molecule is CC(C)c1ccc(CS(=O)(=O)c2ccc([C@@]34C[C@@H]3CN(C(=O)OC(C)(C)C)C4)cc2)cc1. The first kappa shape index (κ1) is 22.8. The number of carbonyl (C=O) groups is 1. The highest BCUT2D eigenvalue weighted by Gasteiger charge is 2.62. The van der Waals surface area contributed by atoms with Gasteiger partial charge in [0, 0.05) is 18.5 Å². The average molecular weight is 456 g/mol. The second kappa shape index (κ2) is 7.91. The van der Waals surface area contributed by atoms with Crippen LogP contribution >= 0.6 is 0 Å². The van der Waals surface area contributed by atoms with E-state index in [1.165, 1.54) is 5.56 Å². The molecule has 1 saturated carbocycles. The average Bonchev–Trinajstić information content (AvgIpc) is 3.28. The number of benzene rings is 2. The molecular formula is C26H33NO4S. The van der Waals surface area contributed by atoms with E-state index >= 15 is 0 Å². The van der Waals surface area contributed by atoms with Crippen molar-refractivity contribution in [3.8, 4) is 0 Å². The summed E-state index contributed by atoms with van der Waals surface area (Å²) in [5.41, 5.74) is 2.52. The zero-order valence-corrected chi connectivity index (χ0v) is 20.4.